The predicted octanol–water partition coefficient (Wildman–Crippen LogP) is 1.75. The summed E-state index contributed by atoms with van der Waals surface area (Å²) in [6.45, 7) is 1.69. The summed E-state index contributed by atoms with van der Waals surface area (Å²) in [6, 6.07) is 0. The van der Waals surface area contributed by atoms with Crippen LogP contribution in [0.4, 0.5) is 0 Å². The lowest BCUT2D eigenvalue weighted by atomic mass is 9.90. The van der Waals surface area contributed by atoms with Gasteiger partial charge in [0.05, 0.1) is 5.69 Å². The van der Waals surface area contributed by atoms with Gasteiger partial charge in [0.15, 0.2) is 0 Å². The van der Waals surface area contributed by atoms with Gasteiger partial charge in [0, 0.05) is 0 Å². The fourth-order valence-electron chi connectivity index (χ4n) is 2.44. The van der Waals surface area contributed by atoms with Crippen molar-refractivity contribution in [2.24, 2.45) is 0 Å². The summed E-state index contributed by atoms with van der Waals surface area (Å²) in [7, 11) is 0. The second-order valence-electron chi connectivity index (χ2n) is 4.94. The number of hydrogen-bond donors (Lipinski definition) is 2. The molecule has 1 aliphatic carbocycles. The molecule has 0 aliphatic heterocycles. The molecule has 0 radical (unpaired) electrons. The molecule has 0 unspecified atom stereocenters. The molecule has 2 rings (SSSR count). The van der Waals surface area contributed by atoms with Crippen molar-refractivity contribution in [2.75, 3.05) is 0 Å². The van der Waals surface area contributed by atoms with E-state index in [1.54, 1.807) is 6.92 Å². The third-order valence-corrected chi connectivity index (χ3v) is 4.40. The van der Waals surface area contributed by atoms with Crippen molar-refractivity contribution in [1.82, 2.24) is 14.9 Å². The highest BCUT2D eigenvalue weighted by Crippen LogP contribution is 2.28. The van der Waals surface area contributed by atoms with Gasteiger partial charge in [-0.25, -0.2) is 4.79 Å². The van der Waals surface area contributed by atoms with Gasteiger partial charge in [-0.3, -0.25) is 4.79 Å². The second-order valence-corrected chi connectivity index (χ2v) is 5.70. The normalized spacial score (nSPS) is 18.6. The van der Waals surface area contributed by atoms with Crippen LogP contribution in [0.2, 0.25) is 0 Å². The molecule has 1 amide bonds. The van der Waals surface area contributed by atoms with Gasteiger partial charge in [-0.1, -0.05) is 30.2 Å². The topological polar surface area (TPSA) is 92.2 Å². The van der Waals surface area contributed by atoms with E-state index in [0.717, 1.165) is 37.2 Å². The van der Waals surface area contributed by atoms with Crippen LogP contribution in [0.1, 0.15) is 53.9 Å². The zero-order valence-electron chi connectivity index (χ0n) is 10.8. The van der Waals surface area contributed by atoms with Crippen LogP contribution in [0.5, 0.6) is 0 Å². The number of nitrogens with zero attached hydrogens (tertiary/aromatic N) is 2. The first kappa shape index (κ1) is 13.9. The number of aryl methyl sites for hydroxylation is 1. The zero-order valence-corrected chi connectivity index (χ0v) is 11.6. The number of aromatic nitrogens is 2. The molecular formula is C12H17N3O3S. The Labute approximate surface area is 115 Å². The van der Waals surface area contributed by atoms with Gasteiger partial charge in [0.25, 0.3) is 5.91 Å². The monoisotopic (exact) mass is 283 g/mol. The van der Waals surface area contributed by atoms with Gasteiger partial charge in [-0.05, 0) is 31.3 Å². The second kappa shape index (κ2) is 5.64. The van der Waals surface area contributed by atoms with Crippen molar-refractivity contribution < 1.29 is 14.7 Å². The molecule has 6 nitrogen and oxygen atoms in total. The van der Waals surface area contributed by atoms with Crippen molar-refractivity contribution in [3.8, 4) is 0 Å². The Balaban J connectivity index is 2.19. The Kier molecular flexibility index (Phi) is 4.14. The maximum atomic E-state index is 12.2. The molecule has 0 saturated heterocycles. The molecule has 1 aromatic rings. The molecule has 1 fully saturated rings. The average molecular weight is 283 g/mol. The molecule has 0 spiro atoms. The van der Waals surface area contributed by atoms with E-state index in [9.17, 15) is 14.7 Å². The Morgan fingerprint density at radius 3 is 2.37 bits per heavy atom. The van der Waals surface area contributed by atoms with E-state index in [4.69, 9.17) is 0 Å². The third kappa shape index (κ3) is 2.91. The molecule has 1 heterocycles. The number of amides is 1. The van der Waals surface area contributed by atoms with Crippen LogP contribution >= 0.6 is 11.5 Å². The van der Waals surface area contributed by atoms with E-state index in [0.29, 0.717) is 23.4 Å². The summed E-state index contributed by atoms with van der Waals surface area (Å²) < 4.78 is 3.71. The van der Waals surface area contributed by atoms with E-state index < -0.39 is 11.5 Å². The first-order valence-electron chi connectivity index (χ1n) is 6.40. The standard InChI is InChI=1S/C12H17N3O3S/c1-8-9(19-15-14-8)10(16)13-12(11(17)18)6-4-2-3-5-7-12/h2-7H2,1H3,(H,13,16)(H,17,18). The summed E-state index contributed by atoms with van der Waals surface area (Å²) in [4.78, 5) is 24.1. The van der Waals surface area contributed by atoms with Crippen LogP contribution in [-0.2, 0) is 4.79 Å². The minimum Gasteiger partial charge on any atom is -0.480 e. The molecule has 19 heavy (non-hydrogen) atoms. The first-order valence-corrected chi connectivity index (χ1v) is 7.17. The van der Waals surface area contributed by atoms with Gasteiger partial charge >= 0.3 is 5.97 Å². The molecular weight excluding hydrogens is 266 g/mol. The van der Waals surface area contributed by atoms with Gasteiger partial charge < -0.3 is 10.4 Å². The van der Waals surface area contributed by atoms with Crippen LogP contribution in [0.25, 0.3) is 0 Å². The molecule has 1 aliphatic rings. The lowest BCUT2D eigenvalue weighted by molar-refractivity contribution is -0.145. The van der Waals surface area contributed by atoms with Crippen LogP contribution < -0.4 is 5.32 Å². The van der Waals surface area contributed by atoms with E-state index in [1.807, 2.05) is 0 Å². The zero-order chi connectivity index (χ0) is 13.9. The highest BCUT2D eigenvalue weighted by atomic mass is 32.1. The number of carbonyl (C=O) groups is 2. The minimum absolute atomic E-state index is 0.378. The van der Waals surface area contributed by atoms with Crippen molar-refractivity contribution >= 4 is 23.4 Å². The Morgan fingerprint density at radius 2 is 1.89 bits per heavy atom. The van der Waals surface area contributed by atoms with Crippen LogP contribution in [0.3, 0.4) is 0 Å². The van der Waals surface area contributed by atoms with Gasteiger partial charge in [0.1, 0.15) is 10.4 Å². The Hall–Kier alpha value is -1.50. The molecule has 0 aromatic carbocycles. The molecule has 1 saturated carbocycles. The van der Waals surface area contributed by atoms with Crippen molar-refractivity contribution in [3.05, 3.63) is 10.6 Å². The SMILES string of the molecule is Cc1nnsc1C(=O)NC1(C(=O)O)CCCCCC1. The van der Waals surface area contributed by atoms with E-state index in [2.05, 4.69) is 14.9 Å². The average Bonchev–Trinajstić information content (AvgIpc) is 2.64. The van der Waals surface area contributed by atoms with Crippen LogP contribution in [0.15, 0.2) is 0 Å². The lowest BCUT2D eigenvalue weighted by Crippen LogP contribution is -2.54. The van der Waals surface area contributed by atoms with Crippen LogP contribution in [0, 0.1) is 6.92 Å². The van der Waals surface area contributed by atoms with Crippen molar-refractivity contribution in [2.45, 2.75) is 51.0 Å². The quantitative estimate of drug-likeness (QED) is 0.824. The summed E-state index contributed by atoms with van der Waals surface area (Å²) in [6.07, 6.45) is 4.66. The maximum Gasteiger partial charge on any atom is 0.329 e. The van der Waals surface area contributed by atoms with Crippen molar-refractivity contribution in [1.29, 1.82) is 0 Å². The van der Waals surface area contributed by atoms with Gasteiger partial charge in [-0.2, -0.15) is 0 Å². The number of nitrogens with one attached hydrogen (secondary N) is 1. The van der Waals surface area contributed by atoms with Crippen molar-refractivity contribution in [3.63, 3.8) is 0 Å². The number of carboxylic acid groups (broad SMARTS) is 1. The number of hydrogen-bond acceptors (Lipinski definition) is 5. The fourth-order valence-corrected chi connectivity index (χ4v) is 2.99. The molecule has 0 bridgehead atoms. The summed E-state index contributed by atoms with van der Waals surface area (Å²) in [5.41, 5.74) is -0.596. The lowest BCUT2D eigenvalue weighted by Gasteiger charge is -2.29. The third-order valence-electron chi connectivity index (χ3n) is 3.58. The highest BCUT2D eigenvalue weighted by Gasteiger charge is 2.40. The largest absolute Gasteiger partial charge is 0.480 e. The number of carboxylic acids is 1. The Bertz CT molecular complexity index is 478. The van der Waals surface area contributed by atoms with E-state index >= 15 is 0 Å². The van der Waals surface area contributed by atoms with Gasteiger partial charge in [-0.15, -0.1) is 5.10 Å². The molecule has 7 heteroatoms. The predicted molar refractivity (Wildman–Crippen MR) is 70.2 cm³/mol. The molecule has 104 valence electrons. The van der Waals surface area contributed by atoms with E-state index in [1.165, 1.54) is 0 Å². The number of carbonyl (C=O) groups excluding carboxylic acids is 1. The van der Waals surface area contributed by atoms with Crippen LogP contribution in [-0.4, -0.2) is 32.1 Å². The number of aliphatic carboxylic acids is 1. The molecule has 0 atom stereocenters. The van der Waals surface area contributed by atoms with Gasteiger partial charge in [0.2, 0.25) is 0 Å². The highest BCUT2D eigenvalue weighted by molar-refractivity contribution is 7.08. The summed E-state index contributed by atoms with van der Waals surface area (Å²) in [5.74, 6) is -1.32. The summed E-state index contributed by atoms with van der Waals surface area (Å²) in [5, 5.41) is 16.0. The number of rotatable bonds is 3. The smallest absolute Gasteiger partial charge is 0.329 e. The van der Waals surface area contributed by atoms with E-state index in [-0.39, 0.29) is 5.91 Å². The Morgan fingerprint density at radius 1 is 1.26 bits per heavy atom. The fraction of sp³-hybridized carbons (Fsp3) is 0.667. The maximum absolute atomic E-state index is 12.2. The minimum atomic E-state index is -1.13. The molecule has 1 aromatic heterocycles. The summed E-state index contributed by atoms with van der Waals surface area (Å²) >= 11 is 0.996. The first-order chi connectivity index (χ1) is 9.05. The molecule has 2 N–H and O–H groups in total.